The first-order valence-corrected chi connectivity index (χ1v) is 7.84. The molecule has 4 nitrogen and oxygen atoms in total. The Morgan fingerprint density at radius 3 is 2.62 bits per heavy atom. The molecular weight excluding hydrogens is 305 g/mol. The van der Waals surface area contributed by atoms with Crippen LogP contribution in [0.25, 0.3) is 10.9 Å². The number of nitrogens with one attached hydrogen (secondary N) is 2. The van der Waals surface area contributed by atoms with E-state index in [1.807, 2.05) is 38.5 Å². The summed E-state index contributed by atoms with van der Waals surface area (Å²) >= 11 is 0. The lowest BCUT2D eigenvalue weighted by Crippen LogP contribution is -2.14. The highest BCUT2D eigenvalue weighted by Gasteiger charge is 2.09. The van der Waals surface area contributed by atoms with E-state index in [4.69, 9.17) is 0 Å². The Bertz CT molecular complexity index is 853. The summed E-state index contributed by atoms with van der Waals surface area (Å²) in [5.74, 6) is -0.606. The van der Waals surface area contributed by atoms with Gasteiger partial charge in [-0.15, -0.1) is 0 Å². The number of carbonyl (C=O) groups is 1. The van der Waals surface area contributed by atoms with Gasteiger partial charge in [-0.3, -0.25) is 4.79 Å². The summed E-state index contributed by atoms with van der Waals surface area (Å²) in [7, 11) is 4.09. The summed E-state index contributed by atoms with van der Waals surface area (Å²) in [4.78, 5) is 17.6. The fraction of sp³-hybridized carbons (Fsp3) is 0.211. The van der Waals surface area contributed by atoms with Gasteiger partial charge in [0.1, 0.15) is 5.82 Å². The van der Waals surface area contributed by atoms with Crippen molar-refractivity contribution in [2.75, 3.05) is 26.0 Å². The molecule has 0 saturated carbocycles. The van der Waals surface area contributed by atoms with Gasteiger partial charge in [0, 0.05) is 34.9 Å². The minimum atomic E-state index is -0.356. The number of anilines is 1. The van der Waals surface area contributed by atoms with Gasteiger partial charge >= 0.3 is 0 Å². The zero-order chi connectivity index (χ0) is 17.1. The largest absolute Gasteiger partial charge is 0.361 e. The average molecular weight is 325 g/mol. The van der Waals surface area contributed by atoms with Crippen molar-refractivity contribution >= 4 is 22.5 Å². The number of rotatable bonds is 5. The molecule has 1 heterocycles. The highest BCUT2D eigenvalue weighted by Crippen LogP contribution is 2.23. The molecule has 0 aliphatic heterocycles. The Hall–Kier alpha value is -2.66. The van der Waals surface area contributed by atoms with Crippen molar-refractivity contribution < 1.29 is 9.18 Å². The zero-order valence-electron chi connectivity index (χ0n) is 13.8. The number of carbonyl (C=O) groups excluding carboxylic acids is 1. The Kier molecular flexibility index (Phi) is 4.62. The minimum absolute atomic E-state index is 0.250. The van der Waals surface area contributed by atoms with Crippen molar-refractivity contribution in [2.24, 2.45) is 0 Å². The van der Waals surface area contributed by atoms with Crippen LogP contribution >= 0.6 is 0 Å². The fourth-order valence-electron chi connectivity index (χ4n) is 2.61. The summed E-state index contributed by atoms with van der Waals surface area (Å²) in [6.07, 6.45) is 2.95. The van der Waals surface area contributed by atoms with Crippen LogP contribution in [0, 0.1) is 5.82 Å². The molecule has 1 aromatic heterocycles. The second-order valence-electron chi connectivity index (χ2n) is 6.09. The van der Waals surface area contributed by atoms with Crippen molar-refractivity contribution in [3.8, 4) is 0 Å². The molecule has 0 atom stereocenters. The first-order valence-electron chi connectivity index (χ1n) is 7.84. The number of aromatic amines is 1. The van der Waals surface area contributed by atoms with Crippen molar-refractivity contribution in [2.45, 2.75) is 6.42 Å². The van der Waals surface area contributed by atoms with Gasteiger partial charge in [-0.25, -0.2) is 4.39 Å². The lowest BCUT2D eigenvalue weighted by Gasteiger charge is -2.09. The van der Waals surface area contributed by atoms with Crippen molar-refractivity contribution in [3.05, 3.63) is 65.6 Å². The fourth-order valence-corrected chi connectivity index (χ4v) is 2.61. The summed E-state index contributed by atoms with van der Waals surface area (Å²) < 4.78 is 13.0. The lowest BCUT2D eigenvalue weighted by atomic mass is 10.1. The molecule has 1 amide bonds. The molecule has 2 N–H and O–H groups in total. The Labute approximate surface area is 140 Å². The van der Waals surface area contributed by atoms with E-state index < -0.39 is 0 Å². The topological polar surface area (TPSA) is 48.1 Å². The maximum Gasteiger partial charge on any atom is 0.255 e. The number of nitrogens with zero attached hydrogens (tertiary/aromatic N) is 1. The maximum absolute atomic E-state index is 13.0. The van der Waals surface area contributed by atoms with Gasteiger partial charge in [0.15, 0.2) is 0 Å². The van der Waals surface area contributed by atoms with Gasteiger partial charge < -0.3 is 15.2 Å². The molecule has 0 saturated heterocycles. The van der Waals surface area contributed by atoms with Crippen LogP contribution in [-0.2, 0) is 6.42 Å². The molecule has 3 rings (SSSR count). The smallest absolute Gasteiger partial charge is 0.255 e. The Morgan fingerprint density at radius 1 is 1.17 bits per heavy atom. The molecule has 124 valence electrons. The van der Waals surface area contributed by atoms with Gasteiger partial charge in [-0.1, -0.05) is 0 Å². The first-order chi connectivity index (χ1) is 11.5. The normalized spacial score (nSPS) is 11.2. The number of aromatic nitrogens is 1. The SMILES string of the molecule is CN(C)CCc1c[nH]c2ccc(NC(=O)c3ccc(F)cc3)cc12. The Morgan fingerprint density at radius 2 is 1.92 bits per heavy atom. The number of hydrogen-bond donors (Lipinski definition) is 2. The molecule has 24 heavy (non-hydrogen) atoms. The molecule has 3 aromatic rings. The number of benzene rings is 2. The standard InChI is InChI=1S/C19H20FN3O/c1-23(2)10-9-14-12-21-18-8-7-16(11-17(14)18)22-19(24)13-3-5-15(20)6-4-13/h3-8,11-12,21H,9-10H2,1-2H3,(H,22,24). The molecule has 0 aliphatic rings. The van der Waals surface area contributed by atoms with E-state index in [2.05, 4.69) is 15.2 Å². The van der Waals surface area contributed by atoms with E-state index in [0.29, 0.717) is 5.56 Å². The van der Waals surface area contributed by atoms with Crippen molar-refractivity contribution in [1.29, 1.82) is 0 Å². The van der Waals surface area contributed by atoms with Crippen LogP contribution < -0.4 is 5.32 Å². The summed E-state index contributed by atoms with van der Waals surface area (Å²) in [5, 5.41) is 3.97. The van der Waals surface area contributed by atoms with Crippen molar-refractivity contribution in [1.82, 2.24) is 9.88 Å². The van der Waals surface area contributed by atoms with E-state index in [9.17, 15) is 9.18 Å². The molecule has 0 bridgehead atoms. The van der Waals surface area contributed by atoms with E-state index in [1.54, 1.807) is 0 Å². The quantitative estimate of drug-likeness (QED) is 0.752. The second kappa shape index (κ2) is 6.84. The summed E-state index contributed by atoms with van der Waals surface area (Å²) in [6, 6.07) is 11.3. The first kappa shape index (κ1) is 16.2. The van der Waals surface area contributed by atoms with Gasteiger partial charge in [0.05, 0.1) is 0 Å². The van der Waals surface area contributed by atoms with E-state index in [-0.39, 0.29) is 11.7 Å². The molecular formula is C19H20FN3O. The van der Waals surface area contributed by atoms with Gasteiger partial charge in [-0.05, 0) is 68.5 Å². The number of H-pyrrole nitrogens is 1. The zero-order valence-corrected chi connectivity index (χ0v) is 13.8. The van der Waals surface area contributed by atoms with Crippen LogP contribution in [0.4, 0.5) is 10.1 Å². The van der Waals surface area contributed by atoms with Gasteiger partial charge in [0.2, 0.25) is 0 Å². The predicted octanol–water partition coefficient (Wildman–Crippen LogP) is 3.66. The Balaban J connectivity index is 1.80. The van der Waals surface area contributed by atoms with E-state index >= 15 is 0 Å². The summed E-state index contributed by atoms with van der Waals surface area (Å²) in [5.41, 5.74) is 3.42. The highest BCUT2D eigenvalue weighted by molar-refractivity contribution is 6.05. The molecule has 0 fully saturated rings. The summed E-state index contributed by atoms with van der Waals surface area (Å²) in [6.45, 7) is 0.957. The van der Waals surface area contributed by atoms with Crippen LogP contribution in [-0.4, -0.2) is 36.4 Å². The third kappa shape index (κ3) is 3.63. The highest BCUT2D eigenvalue weighted by atomic mass is 19.1. The average Bonchev–Trinajstić information content (AvgIpc) is 2.96. The third-order valence-electron chi connectivity index (χ3n) is 3.96. The van der Waals surface area contributed by atoms with Crippen molar-refractivity contribution in [3.63, 3.8) is 0 Å². The van der Waals surface area contributed by atoms with Crippen LogP contribution in [0.2, 0.25) is 0 Å². The van der Waals surface area contributed by atoms with Gasteiger partial charge in [0.25, 0.3) is 5.91 Å². The number of amides is 1. The monoisotopic (exact) mass is 325 g/mol. The van der Waals surface area contributed by atoms with E-state index in [1.165, 1.54) is 29.8 Å². The lowest BCUT2D eigenvalue weighted by molar-refractivity contribution is 0.102. The number of halogens is 1. The molecule has 0 unspecified atom stereocenters. The molecule has 2 aromatic carbocycles. The number of likely N-dealkylation sites (N-methyl/N-ethyl adjacent to an activating group) is 1. The molecule has 0 aliphatic carbocycles. The van der Waals surface area contributed by atoms with Crippen LogP contribution in [0.15, 0.2) is 48.7 Å². The van der Waals surface area contributed by atoms with Gasteiger partial charge in [-0.2, -0.15) is 0 Å². The molecule has 0 spiro atoms. The van der Waals surface area contributed by atoms with Crippen LogP contribution in [0.1, 0.15) is 15.9 Å². The molecule has 5 heteroatoms. The predicted molar refractivity (Wildman–Crippen MR) is 94.9 cm³/mol. The third-order valence-corrected chi connectivity index (χ3v) is 3.96. The second-order valence-corrected chi connectivity index (χ2v) is 6.09. The maximum atomic E-state index is 13.0. The minimum Gasteiger partial charge on any atom is -0.361 e. The van der Waals surface area contributed by atoms with Crippen LogP contribution in [0.3, 0.4) is 0 Å². The number of hydrogen-bond acceptors (Lipinski definition) is 2. The van der Waals surface area contributed by atoms with E-state index in [0.717, 1.165) is 29.6 Å². The van der Waals surface area contributed by atoms with Crippen LogP contribution in [0.5, 0.6) is 0 Å². The number of fused-ring (bicyclic) bond motifs is 1. The molecule has 0 radical (unpaired) electrons.